The highest BCUT2D eigenvalue weighted by atomic mass is 19.1. The molecule has 0 bridgehead atoms. The van der Waals surface area contributed by atoms with Crippen LogP contribution < -0.4 is 5.73 Å². The topological polar surface area (TPSA) is 43.8 Å². The minimum Gasteiger partial charge on any atom is -0.327 e. The zero-order valence-corrected chi connectivity index (χ0v) is 10.8. The summed E-state index contributed by atoms with van der Waals surface area (Å²) in [5.41, 5.74) is 5.46. The standard InChI is InChI=1S/C14H22FN3/c15-14(8-11(16)9-14)10-12-6-7-18(17-12)13-4-2-1-3-5-13/h6-7,11,13H,1-5,8-10,16H2. The van der Waals surface area contributed by atoms with E-state index in [2.05, 4.69) is 9.78 Å². The molecule has 100 valence electrons. The van der Waals surface area contributed by atoms with Crippen LogP contribution in [0.15, 0.2) is 12.3 Å². The third-order valence-corrected chi connectivity index (χ3v) is 4.37. The van der Waals surface area contributed by atoms with Crippen LogP contribution in [-0.2, 0) is 6.42 Å². The molecule has 0 aromatic carbocycles. The molecule has 3 nitrogen and oxygen atoms in total. The van der Waals surface area contributed by atoms with Gasteiger partial charge in [0.1, 0.15) is 5.67 Å². The van der Waals surface area contributed by atoms with Crippen molar-refractivity contribution in [3.05, 3.63) is 18.0 Å². The van der Waals surface area contributed by atoms with Gasteiger partial charge in [-0.2, -0.15) is 5.10 Å². The van der Waals surface area contributed by atoms with Gasteiger partial charge in [-0.3, -0.25) is 4.68 Å². The van der Waals surface area contributed by atoms with E-state index in [1.54, 1.807) is 0 Å². The molecule has 2 saturated carbocycles. The third-order valence-electron chi connectivity index (χ3n) is 4.37. The second kappa shape index (κ2) is 4.65. The maximum atomic E-state index is 14.2. The van der Waals surface area contributed by atoms with Gasteiger partial charge in [-0.1, -0.05) is 19.3 Å². The zero-order valence-electron chi connectivity index (χ0n) is 10.8. The summed E-state index contributed by atoms with van der Waals surface area (Å²) in [5, 5.41) is 4.56. The lowest BCUT2D eigenvalue weighted by Gasteiger charge is -2.38. The lowest BCUT2D eigenvalue weighted by Crippen LogP contribution is -2.49. The van der Waals surface area contributed by atoms with Crippen molar-refractivity contribution in [2.75, 3.05) is 0 Å². The Kier molecular flexibility index (Phi) is 3.14. The largest absolute Gasteiger partial charge is 0.327 e. The van der Waals surface area contributed by atoms with E-state index < -0.39 is 5.67 Å². The molecule has 3 rings (SSSR count). The van der Waals surface area contributed by atoms with Crippen molar-refractivity contribution in [2.24, 2.45) is 5.73 Å². The molecule has 4 heteroatoms. The molecule has 0 unspecified atom stereocenters. The van der Waals surface area contributed by atoms with Gasteiger partial charge in [0, 0.05) is 18.7 Å². The SMILES string of the molecule is NC1CC(F)(Cc2ccn(C3CCCCC3)n2)C1. The maximum absolute atomic E-state index is 14.2. The highest BCUT2D eigenvalue weighted by molar-refractivity contribution is 5.09. The summed E-state index contributed by atoms with van der Waals surface area (Å²) >= 11 is 0. The van der Waals surface area contributed by atoms with Crippen LogP contribution in [0, 0.1) is 0 Å². The maximum Gasteiger partial charge on any atom is 0.119 e. The van der Waals surface area contributed by atoms with Crippen LogP contribution in [-0.4, -0.2) is 21.5 Å². The van der Waals surface area contributed by atoms with Crippen LogP contribution in [0.1, 0.15) is 56.7 Å². The van der Waals surface area contributed by atoms with Crippen molar-refractivity contribution in [3.63, 3.8) is 0 Å². The van der Waals surface area contributed by atoms with Crippen LogP contribution in [0.5, 0.6) is 0 Å². The molecule has 2 aliphatic carbocycles. The Balaban J connectivity index is 1.62. The van der Waals surface area contributed by atoms with Gasteiger partial charge in [-0.25, -0.2) is 4.39 Å². The van der Waals surface area contributed by atoms with E-state index in [1.807, 2.05) is 12.3 Å². The molecule has 2 fully saturated rings. The molecular formula is C14H22FN3. The number of nitrogens with two attached hydrogens (primary N) is 1. The molecule has 0 aliphatic heterocycles. The van der Waals surface area contributed by atoms with Gasteiger partial charge in [0.05, 0.1) is 11.7 Å². The Hall–Kier alpha value is -0.900. The Labute approximate surface area is 108 Å². The van der Waals surface area contributed by atoms with Crippen LogP contribution in [0.4, 0.5) is 4.39 Å². The van der Waals surface area contributed by atoms with E-state index in [1.165, 1.54) is 32.1 Å². The van der Waals surface area contributed by atoms with E-state index in [4.69, 9.17) is 5.73 Å². The van der Waals surface area contributed by atoms with Crippen molar-refractivity contribution in [3.8, 4) is 0 Å². The molecule has 0 amide bonds. The Morgan fingerprint density at radius 2 is 2.06 bits per heavy atom. The number of hydrogen-bond acceptors (Lipinski definition) is 2. The summed E-state index contributed by atoms with van der Waals surface area (Å²) in [6.45, 7) is 0. The molecular weight excluding hydrogens is 229 g/mol. The second-order valence-corrected chi connectivity index (χ2v) is 6.07. The molecule has 1 aromatic heterocycles. The molecule has 1 aromatic rings. The Morgan fingerprint density at radius 3 is 2.72 bits per heavy atom. The Bertz CT molecular complexity index is 403. The molecule has 2 aliphatic rings. The van der Waals surface area contributed by atoms with Crippen molar-refractivity contribution in [2.45, 2.75) is 69.1 Å². The summed E-state index contributed by atoms with van der Waals surface area (Å²) in [6.07, 6.45) is 9.79. The molecule has 0 radical (unpaired) electrons. The first kappa shape index (κ1) is 12.2. The molecule has 0 atom stereocenters. The van der Waals surface area contributed by atoms with Gasteiger partial charge in [-0.15, -0.1) is 0 Å². The number of nitrogens with zero attached hydrogens (tertiary/aromatic N) is 2. The van der Waals surface area contributed by atoms with Crippen LogP contribution in [0.3, 0.4) is 0 Å². The van der Waals surface area contributed by atoms with Crippen LogP contribution in [0.25, 0.3) is 0 Å². The van der Waals surface area contributed by atoms with E-state index in [-0.39, 0.29) is 6.04 Å². The zero-order chi connectivity index (χ0) is 12.6. The van der Waals surface area contributed by atoms with Crippen molar-refractivity contribution >= 4 is 0 Å². The first-order valence-electron chi connectivity index (χ1n) is 7.13. The fourth-order valence-corrected chi connectivity index (χ4v) is 3.37. The van der Waals surface area contributed by atoms with Gasteiger partial charge in [-0.05, 0) is 31.7 Å². The van der Waals surface area contributed by atoms with Crippen molar-refractivity contribution in [1.29, 1.82) is 0 Å². The van der Waals surface area contributed by atoms with Crippen LogP contribution >= 0.6 is 0 Å². The summed E-state index contributed by atoms with van der Waals surface area (Å²) in [6, 6.07) is 2.56. The van der Waals surface area contributed by atoms with Gasteiger partial charge < -0.3 is 5.73 Å². The summed E-state index contributed by atoms with van der Waals surface area (Å²) in [4.78, 5) is 0. The first-order valence-corrected chi connectivity index (χ1v) is 7.13. The normalized spacial score (nSPS) is 33.3. The molecule has 0 spiro atoms. The third kappa shape index (κ3) is 2.44. The van der Waals surface area contributed by atoms with E-state index in [9.17, 15) is 4.39 Å². The molecule has 18 heavy (non-hydrogen) atoms. The van der Waals surface area contributed by atoms with E-state index in [0.29, 0.717) is 25.3 Å². The van der Waals surface area contributed by atoms with Gasteiger partial charge in [0.15, 0.2) is 0 Å². The van der Waals surface area contributed by atoms with E-state index in [0.717, 1.165) is 5.69 Å². The van der Waals surface area contributed by atoms with Gasteiger partial charge in [0.2, 0.25) is 0 Å². The van der Waals surface area contributed by atoms with Crippen LogP contribution in [0.2, 0.25) is 0 Å². The minimum atomic E-state index is -1.09. The fraction of sp³-hybridized carbons (Fsp3) is 0.786. The first-order chi connectivity index (χ1) is 8.65. The number of alkyl halides is 1. The summed E-state index contributed by atoms with van der Waals surface area (Å²) in [7, 11) is 0. The number of aromatic nitrogens is 2. The fourth-order valence-electron chi connectivity index (χ4n) is 3.37. The molecule has 1 heterocycles. The minimum absolute atomic E-state index is 0.0513. The predicted molar refractivity (Wildman–Crippen MR) is 69.1 cm³/mol. The summed E-state index contributed by atoms with van der Waals surface area (Å²) in [5.74, 6) is 0. The highest BCUT2D eigenvalue weighted by Crippen LogP contribution is 2.38. The average molecular weight is 251 g/mol. The van der Waals surface area contributed by atoms with E-state index >= 15 is 0 Å². The lowest BCUT2D eigenvalue weighted by atomic mass is 9.75. The number of hydrogen-bond donors (Lipinski definition) is 1. The monoisotopic (exact) mass is 251 g/mol. The van der Waals surface area contributed by atoms with Gasteiger partial charge in [0.25, 0.3) is 0 Å². The summed E-state index contributed by atoms with van der Waals surface area (Å²) < 4.78 is 16.2. The number of rotatable bonds is 3. The van der Waals surface area contributed by atoms with Crippen molar-refractivity contribution in [1.82, 2.24) is 9.78 Å². The van der Waals surface area contributed by atoms with Gasteiger partial charge >= 0.3 is 0 Å². The average Bonchev–Trinajstić information content (AvgIpc) is 2.76. The lowest BCUT2D eigenvalue weighted by molar-refractivity contribution is 0.0432. The predicted octanol–water partition coefficient (Wildman–Crippen LogP) is 2.76. The highest BCUT2D eigenvalue weighted by Gasteiger charge is 2.43. The number of halogens is 1. The van der Waals surface area contributed by atoms with Crippen molar-refractivity contribution < 1.29 is 4.39 Å². The smallest absolute Gasteiger partial charge is 0.119 e. The molecule has 0 saturated heterocycles. The molecule has 2 N–H and O–H groups in total. The quantitative estimate of drug-likeness (QED) is 0.897. The second-order valence-electron chi connectivity index (χ2n) is 6.07. The Morgan fingerprint density at radius 1 is 1.33 bits per heavy atom.